The summed E-state index contributed by atoms with van der Waals surface area (Å²) in [6, 6.07) is 20.5. The first-order valence-electron chi connectivity index (χ1n) is 7.76. The van der Waals surface area contributed by atoms with Crippen LogP contribution < -0.4 is 14.8 Å². The quantitative estimate of drug-likeness (QED) is 0.630. The number of nitrogens with one attached hydrogen (secondary N) is 2. The van der Waals surface area contributed by atoms with Crippen LogP contribution >= 0.6 is 11.6 Å². The first-order valence-corrected chi connectivity index (χ1v) is 9.62. The lowest BCUT2D eigenvalue weighted by molar-refractivity contribution is 0.415. The van der Waals surface area contributed by atoms with Crippen molar-refractivity contribution in [1.82, 2.24) is 0 Å². The summed E-state index contributed by atoms with van der Waals surface area (Å²) < 4.78 is 32.4. The fourth-order valence-electron chi connectivity index (χ4n) is 2.29. The van der Waals surface area contributed by atoms with Crippen LogP contribution in [0.25, 0.3) is 0 Å². The number of sulfonamides is 1. The van der Waals surface area contributed by atoms with E-state index in [0.29, 0.717) is 10.7 Å². The van der Waals surface area contributed by atoms with Gasteiger partial charge in [0.05, 0.1) is 12.0 Å². The largest absolute Gasteiger partial charge is 0.497 e. The third-order valence-electron chi connectivity index (χ3n) is 3.64. The number of hydrogen-bond acceptors (Lipinski definition) is 4. The second-order valence-electron chi connectivity index (χ2n) is 5.49. The van der Waals surface area contributed by atoms with Gasteiger partial charge in [0.1, 0.15) is 5.75 Å². The van der Waals surface area contributed by atoms with Gasteiger partial charge in [-0.1, -0.05) is 11.6 Å². The van der Waals surface area contributed by atoms with E-state index in [1.54, 1.807) is 31.4 Å². The Morgan fingerprint density at radius 3 is 1.81 bits per heavy atom. The van der Waals surface area contributed by atoms with Crippen LogP contribution in [-0.2, 0) is 10.0 Å². The number of ether oxygens (including phenoxy) is 1. The molecule has 0 amide bonds. The van der Waals surface area contributed by atoms with Crippen molar-refractivity contribution >= 4 is 38.7 Å². The topological polar surface area (TPSA) is 67.4 Å². The molecular weight excluding hydrogens is 372 g/mol. The molecule has 3 aromatic carbocycles. The van der Waals surface area contributed by atoms with Crippen LogP contribution in [-0.4, -0.2) is 15.5 Å². The van der Waals surface area contributed by atoms with Crippen LogP contribution in [0.15, 0.2) is 77.7 Å². The van der Waals surface area contributed by atoms with Crippen molar-refractivity contribution in [3.8, 4) is 5.75 Å². The van der Waals surface area contributed by atoms with Crippen molar-refractivity contribution in [1.29, 1.82) is 0 Å². The van der Waals surface area contributed by atoms with E-state index in [-0.39, 0.29) is 4.90 Å². The van der Waals surface area contributed by atoms with Crippen molar-refractivity contribution in [2.45, 2.75) is 4.90 Å². The summed E-state index contributed by atoms with van der Waals surface area (Å²) in [7, 11) is -2.04. The number of halogens is 1. The summed E-state index contributed by atoms with van der Waals surface area (Å²) in [5.74, 6) is 0.780. The van der Waals surface area contributed by atoms with Gasteiger partial charge in [-0.05, 0) is 72.8 Å². The average Bonchev–Trinajstić information content (AvgIpc) is 2.64. The molecule has 2 N–H and O–H groups in total. The molecule has 3 aromatic rings. The zero-order valence-corrected chi connectivity index (χ0v) is 15.5. The van der Waals surface area contributed by atoms with Gasteiger partial charge in [-0.3, -0.25) is 4.72 Å². The summed E-state index contributed by atoms with van der Waals surface area (Å²) in [5.41, 5.74) is 2.21. The molecule has 7 heteroatoms. The third-order valence-corrected chi connectivity index (χ3v) is 5.29. The van der Waals surface area contributed by atoms with Gasteiger partial charge in [-0.15, -0.1) is 0 Å². The Morgan fingerprint density at radius 1 is 0.769 bits per heavy atom. The van der Waals surface area contributed by atoms with E-state index in [0.717, 1.165) is 17.1 Å². The van der Waals surface area contributed by atoms with E-state index < -0.39 is 10.0 Å². The van der Waals surface area contributed by atoms with E-state index in [2.05, 4.69) is 10.0 Å². The van der Waals surface area contributed by atoms with E-state index in [1.165, 1.54) is 24.3 Å². The average molecular weight is 389 g/mol. The van der Waals surface area contributed by atoms with Crippen LogP contribution in [0, 0.1) is 0 Å². The van der Waals surface area contributed by atoms with Gasteiger partial charge in [0, 0.05) is 22.1 Å². The Labute approximate surface area is 157 Å². The standard InChI is InChI=1S/C19H17ClN2O3S/c1-25-18-10-8-16(9-11-18)21-15-4-6-17(7-5-15)22-26(23,24)19-12-2-14(20)3-13-19/h2-13,21-22H,1H3. The molecule has 26 heavy (non-hydrogen) atoms. The SMILES string of the molecule is COc1ccc(Nc2ccc(NS(=O)(=O)c3ccc(Cl)cc3)cc2)cc1. The Kier molecular flexibility index (Phi) is 5.35. The molecule has 3 rings (SSSR count). The molecule has 0 spiro atoms. The predicted molar refractivity (Wildman–Crippen MR) is 105 cm³/mol. The molecule has 0 unspecified atom stereocenters. The molecule has 0 fully saturated rings. The summed E-state index contributed by atoms with van der Waals surface area (Å²) in [4.78, 5) is 0.155. The molecular formula is C19H17ClN2O3S. The normalized spacial score (nSPS) is 11.0. The highest BCUT2D eigenvalue weighted by molar-refractivity contribution is 7.92. The maximum Gasteiger partial charge on any atom is 0.261 e. The molecule has 0 radical (unpaired) electrons. The second-order valence-corrected chi connectivity index (χ2v) is 7.61. The fraction of sp³-hybridized carbons (Fsp3) is 0.0526. The van der Waals surface area contributed by atoms with Crippen LogP contribution in [0.5, 0.6) is 5.75 Å². The summed E-state index contributed by atoms with van der Waals surface area (Å²) in [6.07, 6.45) is 0. The third kappa shape index (κ3) is 4.47. The molecule has 0 aliphatic rings. The molecule has 0 saturated heterocycles. The fourth-order valence-corrected chi connectivity index (χ4v) is 3.48. The molecule has 0 aromatic heterocycles. The first-order chi connectivity index (χ1) is 12.5. The minimum absolute atomic E-state index is 0.155. The van der Waals surface area contributed by atoms with Crippen molar-refractivity contribution in [2.75, 3.05) is 17.1 Å². The molecule has 5 nitrogen and oxygen atoms in total. The number of hydrogen-bond donors (Lipinski definition) is 2. The Hall–Kier alpha value is -2.70. The number of rotatable bonds is 6. The summed E-state index contributed by atoms with van der Waals surface area (Å²) >= 11 is 5.79. The van der Waals surface area contributed by atoms with Gasteiger partial charge in [0.2, 0.25) is 0 Å². The maximum absolute atomic E-state index is 12.4. The Morgan fingerprint density at radius 2 is 1.27 bits per heavy atom. The lowest BCUT2D eigenvalue weighted by Gasteiger charge is -2.10. The highest BCUT2D eigenvalue weighted by Crippen LogP contribution is 2.23. The minimum Gasteiger partial charge on any atom is -0.497 e. The van der Waals surface area contributed by atoms with Crippen LogP contribution in [0.1, 0.15) is 0 Å². The van der Waals surface area contributed by atoms with E-state index in [1.807, 2.05) is 24.3 Å². The predicted octanol–water partition coefficient (Wildman–Crippen LogP) is 4.89. The highest BCUT2D eigenvalue weighted by Gasteiger charge is 2.13. The van der Waals surface area contributed by atoms with E-state index >= 15 is 0 Å². The van der Waals surface area contributed by atoms with Crippen molar-refractivity contribution in [3.05, 3.63) is 77.8 Å². The second kappa shape index (κ2) is 7.68. The van der Waals surface area contributed by atoms with Gasteiger partial charge in [0.15, 0.2) is 0 Å². The first kappa shape index (κ1) is 18.1. The molecule has 0 atom stereocenters. The summed E-state index contributed by atoms with van der Waals surface area (Å²) in [6.45, 7) is 0. The van der Waals surface area contributed by atoms with Crippen LogP contribution in [0.4, 0.5) is 17.1 Å². The zero-order valence-electron chi connectivity index (χ0n) is 13.9. The Bertz CT molecular complexity index is 971. The lowest BCUT2D eigenvalue weighted by Crippen LogP contribution is -2.12. The minimum atomic E-state index is -3.65. The molecule has 0 aliphatic carbocycles. The van der Waals surface area contributed by atoms with Gasteiger partial charge in [-0.2, -0.15) is 0 Å². The molecule has 134 valence electrons. The van der Waals surface area contributed by atoms with E-state index in [9.17, 15) is 8.42 Å². The number of benzene rings is 3. The van der Waals surface area contributed by atoms with Gasteiger partial charge >= 0.3 is 0 Å². The van der Waals surface area contributed by atoms with Crippen molar-refractivity contribution in [2.24, 2.45) is 0 Å². The molecule has 0 saturated carbocycles. The maximum atomic E-state index is 12.4. The molecule has 0 aliphatic heterocycles. The van der Waals surface area contributed by atoms with Gasteiger partial charge < -0.3 is 10.1 Å². The number of methoxy groups -OCH3 is 1. The monoisotopic (exact) mass is 388 g/mol. The van der Waals surface area contributed by atoms with Gasteiger partial charge in [-0.25, -0.2) is 8.42 Å². The number of anilines is 3. The Balaban J connectivity index is 1.69. The summed E-state index contributed by atoms with van der Waals surface area (Å²) in [5, 5.41) is 3.72. The van der Waals surface area contributed by atoms with Crippen molar-refractivity contribution < 1.29 is 13.2 Å². The van der Waals surface area contributed by atoms with Crippen LogP contribution in [0.2, 0.25) is 5.02 Å². The molecule has 0 bridgehead atoms. The molecule has 0 heterocycles. The smallest absolute Gasteiger partial charge is 0.261 e. The van der Waals surface area contributed by atoms with Crippen molar-refractivity contribution in [3.63, 3.8) is 0 Å². The lowest BCUT2D eigenvalue weighted by atomic mass is 10.2. The van der Waals surface area contributed by atoms with Crippen LogP contribution in [0.3, 0.4) is 0 Å². The zero-order chi connectivity index (χ0) is 18.6. The van der Waals surface area contributed by atoms with E-state index in [4.69, 9.17) is 16.3 Å². The highest BCUT2D eigenvalue weighted by atomic mass is 35.5. The van der Waals surface area contributed by atoms with Gasteiger partial charge in [0.25, 0.3) is 10.0 Å².